The topological polar surface area (TPSA) is 73.6 Å². The highest BCUT2D eigenvalue weighted by Crippen LogP contribution is 2.51. The molecule has 0 amide bonds. The Morgan fingerprint density at radius 2 is 1.91 bits per heavy atom. The van der Waals surface area contributed by atoms with Crippen LogP contribution in [-0.2, 0) is 4.79 Å². The number of benzene rings is 2. The number of aromatic nitrogens is 1. The second-order valence-corrected chi connectivity index (χ2v) is 8.70. The van der Waals surface area contributed by atoms with Gasteiger partial charge in [0.25, 0.3) is 0 Å². The van der Waals surface area contributed by atoms with E-state index in [1.807, 2.05) is 42.5 Å². The molecule has 6 heteroatoms. The van der Waals surface area contributed by atoms with Crippen LogP contribution in [0.1, 0.15) is 41.6 Å². The fourth-order valence-corrected chi connectivity index (χ4v) is 5.44. The number of hydrogen-bond donors (Lipinski definition) is 1. The molecule has 0 radical (unpaired) electrons. The molecule has 7 rings (SSSR count). The number of ether oxygens (including phenoxy) is 2. The molecule has 0 saturated carbocycles. The van der Waals surface area contributed by atoms with Gasteiger partial charge in [0.2, 0.25) is 6.79 Å². The minimum Gasteiger partial charge on any atom is -0.469 e. The van der Waals surface area contributed by atoms with E-state index < -0.39 is 0 Å². The van der Waals surface area contributed by atoms with Crippen molar-refractivity contribution in [3.63, 3.8) is 0 Å². The van der Waals surface area contributed by atoms with Crippen LogP contribution in [0.4, 0.5) is 5.69 Å². The van der Waals surface area contributed by atoms with Gasteiger partial charge in [-0.25, -0.2) is 0 Å². The minimum absolute atomic E-state index is 0.0276. The standard InChI is InChI=1S/C27H20N2O4/c30-21-12-16(22-4-2-10-31-22)11-20-27(21)25(15-5-8-23-24(13-15)33-14-32-23)26-17-3-1-9-28-18(17)6-7-19(26)29-20/h1-10,13,16,25,29H,11-12,14H2/t16-,25-/m0/s1. The van der Waals surface area contributed by atoms with E-state index in [0.717, 1.165) is 56.9 Å². The number of carbonyl (C=O) groups excluding carboxylic acids is 1. The number of nitrogens with zero attached hydrogens (tertiary/aromatic N) is 1. The Morgan fingerprint density at radius 1 is 0.970 bits per heavy atom. The van der Waals surface area contributed by atoms with E-state index in [1.54, 1.807) is 12.5 Å². The number of pyridine rings is 1. The maximum Gasteiger partial charge on any atom is 0.231 e. The molecule has 0 spiro atoms. The zero-order valence-electron chi connectivity index (χ0n) is 17.7. The van der Waals surface area contributed by atoms with Crippen molar-refractivity contribution in [2.24, 2.45) is 0 Å². The van der Waals surface area contributed by atoms with Gasteiger partial charge in [-0.15, -0.1) is 0 Å². The second kappa shape index (κ2) is 6.97. The predicted molar refractivity (Wildman–Crippen MR) is 122 cm³/mol. The van der Waals surface area contributed by atoms with Crippen molar-refractivity contribution in [2.75, 3.05) is 12.1 Å². The van der Waals surface area contributed by atoms with Crippen LogP contribution in [-0.4, -0.2) is 17.6 Å². The van der Waals surface area contributed by atoms with Crippen LogP contribution >= 0.6 is 0 Å². The summed E-state index contributed by atoms with van der Waals surface area (Å²) in [6.45, 7) is 0.214. The summed E-state index contributed by atoms with van der Waals surface area (Å²) in [5, 5.41) is 4.64. The summed E-state index contributed by atoms with van der Waals surface area (Å²) in [6.07, 6.45) is 4.61. The quantitative estimate of drug-likeness (QED) is 0.446. The number of anilines is 1. The van der Waals surface area contributed by atoms with Crippen molar-refractivity contribution in [1.82, 2.24) is 4.98 Å². The maximum atomic E-state index is 13.7. The maximum absolute atomic E-state index is 13.7. The molecule has 0 bridgehead atoms. The highest BCUT2D eigenvalue weighted by molar-refractivity contribution is 6.04. The molecule has 0 saturated heterocycles. The molecule has 162 valence electrons. The lowest BCUT2D eigenvalue weighted by Crippen LogP contribution is -2.29. The number of ketones is 1. The fourth-order valence-electron chi connectivity index (χ4n) is 5.44. The number of carbonyl (C=O) groups is 1. The van der Waals surface area contributed by atoms with Crippen LogP contribution in [0.15, 0.2) is 82.7 Å². The minimum atomic E-state index is -0.219. The Kier molecular flexibility index (Phi) is 3.91. The van der Waals surface area contributed by atoms with Crippen LogP contribution in [0.2, 0.25) is 0 Å². The molecule has 4 heterocycles. The Balaban J connectivity index is 1.45. The summed E-state index contributed by atoms with van der Waals surface area (Å²) in [5.41, 5.74) is 5.78. The third-order valence-electron chi connectivity index (χ3n) is 6.87. The van der Waals surface area contributed by atoms with Crippen molar-refractivity contribution in [2.45, 2.75) is 24.7 Å². The fraction of sp³-hybridized carbons (Fsp3) is 0.185. The summed E-state index contributed by atoms with van der Waals surface area (Å²) in [4.78, 5) is 18.2. The second-order valence-electron chi connectivity index (χ2n) is 8.70. The number of hydrogen-bond acceptors (Lipinski definition) is 6. The van der Waals surface area contributed by atoms with Crippen LogP contribution in [0.3, 0.4) is 0 Å². The lowest BCUT2D eigenvalue weighted by molar-refractivity contribution is -0.116. The van der Waals surface area contributed by atoms with Gasteiger partial charge in [0.05, 0.1) is 11.8 Å². The van der Waals surface area contributed by atoms with Gasteiger partial charge in [0.15, 0.2) is 17.3 Å². The number of nitrogens with one attached hydrogen (secondary N) is 1. The zero-order chi connectivity index (χ0) is 21.9. The van der Waals surface area contributed by atoms with E-state index >= 15 is 0 Å². The molecule has 1 N–H and O–H groups in total. The lowest BCUT2D eigenvalue weighted by atomic mass is 9.72. The average Bonchev–Trinajstić information content (AvgIpc) is 3.54. The van der Waals surface area contributed by atoms with Crippen LogP contribution in [0, 0.1) is 0 Å². The van der Waals surface area contributed by atoms with E-state index in [4.69, 9.17) is 13.9 Å². The van der Waals surface area contributed by atoms with Gasteiger partial charge in [-0.3, -0.25) is 9.78 Å². The molecular formula is C27H20N2O4. The molecule has 1 aliphatic carbocycles. The Labute approximate surface area is 189 Å². The molecule has 33 heavy (non-hydrogen) atoms. The van der Waals surface area contributed by atoms with Gasteiger partial charge in [-0.05, 0) is 60.0 Å². The molecule has 2 aromatic carbocycles. The van der Waals surface area contributed by atoms with Gasteiger partial charge in [0.1, 0.15) is 5.76 Å². The van der Waals surface area contributed by atoms with Gasteiger partial charge in [-0.1, -0.05) is 12.1 Å². The summed E-state index contributed by atoms with van der Waals surface area (Å²) < 4.78 is 16.8. The highest BCUT2D eigenvalue weighted by atomic mass is 16.7. The first-order valence-electron chi connectivity index (χ1n) is 11.1. The number of rotatable bonds is 2. The summed E-state index contributed by atoms with van der Waals surface area (Å²) in [6, 6.07) is 17.9. The van der Waals surface area contributed by atoms with Gasteiger partial charge in [0, 0.05) is 46.8 Å². The molecule has 6 nitrogen and oxygen atoms in total. The highest BCUT2D eigenvalue weighted by Gasteiger charge is 2.40. The first-order chi connectivity index (χ1) is 16.3. The molecule has 2 aliphatic heterocycles. The van der Waals surface area contributed by atoms with E-state index in [0.29, 0.717) is 12.2 Å². The van der Waals surface area contributed by atoms with Crippen LogP contribution in [0.5, 0.6) is 11.5 Å². The summed E-state index contributed by atoms with van der Waals surface area (Å²) in [5.74, 6) is 2.24. The van der Waals surface area contributed by atoms with Gasteiger partial charge < -0.3 is 19.2 Å². The summed E-state index contributed by atoms with van der Waals surface area (Å²) >= 11 is 0. The number of fused-ring (bicyclic) bond motifs is 4. The van der Waals surface area contributed by atoms with Crippen molar-refractivity contribution in [3.05, 3.63) is 95.2 Å². The van der Waals surface area contributed by atoms with Crippen molar-refractivity contribution >= 4 is 22.4 Å². The third-order valence-corrected chi connectivity index (χ3v) is 6.87. The average molecular weight is 436 g/mol. The number of Topliss-reactive ketones (excluding diaryl/α,β-unsaturated/α-hetero) is 1. The van der Waals surface area contributed by atoms with Crippen LogP contribution in [0.25, 0.3) is 10.9 Å². The molecule has 2 aromatic heterocycles. The van der Waals surface area contributed by atoms with Crippen LogP contribution < -0.4 is 14.8 Å². The number of allylic oxidation sites excluding steroid dienone is 2. The van der Waals surface area contributed by atoms with Gasteiger partial charge >= 0.3 is 0 Å². The van der Waals surface area contributed by atoms with E-state index in [1.165, 1.54) is 0 Å². The van der Waals surface area contributed by atoms with E-state index in [2.05, 4.69) is 22.4 Å². The Morgan fingerprint density at radius 3 is 2.82 bits per heavy atom. The first kappa shape index (κ1) is 18.5. The number of furan rings is 1. The van der Waals surface area contributed by atoms with E-state index in [-0.39, 0.29) is 24.4 Å². The zero-order valence-corrected chi connectivity index (χ0v) is 17.7. The SMILES string of the molecule is O=C1C[C@@H](c2ccco2)CC2=C1[C@@H](c1ccc3c(c1)OCO3)c1c(ccc3ncccc13)N2. The van der Waals surface area contributed by atoms with Crippen molar-refractivity contribution in [1.29, 1.82) is 0 Å². The van der Waals surface area contributed by atoms with Gasteiger partial charge in [-0.2, -0.15) is 0 Å². The van der Waals surface area contributed by atoms with E-state index in [9.17, 15) is 4.79 Å². The predicted octanol–water partition coefficient (Wildman–Crippen LogP) is 5.51. The normalized spacial score (nSPS) is 21.0. The molecular weight excluding hydrogens is 416 g/mol. The Bertz CT molecular complexity index is 1450. The smallest absolute Gasteiger partial charge is 0.231 e. The molecule has 4 aromatic rings. The molecule has 3 aliphatic rings. The molecule has 2 atom stereocenters. The van der Waals surface area contributed by atoms with Crippen molar-refractivity contribution < 1.29 is 18.7 Å². The first-order valence-corrected chi connectivity index (χ1v) is 11.1. The third kappa shape index (κ3) is 2.80. The largest absolute Gasteiger partial charge is 0.469 e. The summed E-state index contributed by atoms with van der Waals surface area (Å²) in [7, 11) is 0. The van der Waals surface area contributed by atoms with Crippen molar-refractivity contribution in [3.8, 4) is 11.5 Å². The Hall–Kier alpha value is -4.06. The monoisotopic (exact) mass is 436 g/mol. The molecule has 0 fully saturated rings. The molecule has 0 unspecified atom stereocenters. The lowest BCUT2D eigenvalue weighted by Gasteiger charge is -2.36.